The Balaban J connectivity index is 1.72. The van der Waals surface area contributed by atoms with E-state index in [9.17, 15) is 18.8 Å². The van der Waals surface area contributed by atoms with Gasteiger partial charge in [0, 0.05) is 13.1 Å². The van der Waals surface area contributed by atoms with Crippen molar-refractivity contribution in [3.8, 4) is 0 Å². The molecule has 0 bridgehead atoms. The van der Waals surface area contributed by atoms with Crippen LogP contribution in [0.1, 0.15) is 27.7 Å². The van der Waals surface area contributed by atoms with Crippen molar-refractivity contribution in [1.29, 1.82) is 0 Å². The number of halogens is 1. The highest BCUT2D eigenvalue weighted by Gasteiger charge is 2.38. The predicted octanol–water partition coefficient (Wildman–Crippen LogP) is 2.10. The second-order valence-corrected chi connectivity index (χ2v) is 9.06. The Morgan fingerprint density at radius 3 is 2.55 bits per heavy atom. The van der Waals surface area contributed by atoms with E-state index in [1.165, 1.54) is 17.9 Å². The Bertz CT molecular complexity index is 899. The summed E-state index contributed by atoms with van der Waals surface area (Å²) in [5.74, 6) is -1.17. The van der Waals surface area contributed by atoms with Gasteiger partial charge in [-0.05, 0) is 45.9 Å². The van der Waals surface area contributed by atoms with Crippen LogP contribution in [-0.2, 0) is 19.0 Å². The van der Waals surface area contributed by atoms with Crippen LogP contribution in [-0.4, -0.2) is 80.1 Å². The van der Waals surface area contributed by atoms with Gasteiger partial charge in [-0.2, -0.15) is 0 Å². The smallest absolute Gasteiger partial charge is 0.414 e. The van der Waals surface area contributed by atoms with Gasteiger partial charge in [-0.25, -0.2) is 14.0 Å². The molecule has 2 aliphatic heterocycles. The number of nitrogens with two attached hydrogens (primary N) is 1. The standard InChI is InChI=1S/C22H31FN4O6/c1-14(19(24)28)26(21(30)33-22(2,3)4)12-16-13-27(20(29)32-16)15-5-6-18(17(23)11-15)25-7-9-31-10-8-25/h5-6,11,14,16H,7-10,12-13H2,1-4H3,(H2,24,28)/t14?,16-/m0/s1. The van der Waals surface area contributed by atoms with Gasteiger partial charge in [0.05, 0.1) is 37.7 Å². The maximum Gasteiger partial charge on any atom is 0.414 e. The summed E-state index contributed by atoms with van der Waals surface area (Å²) in [6, 6.07) is 3.58. The molecule has 182 valence electrons. The highest BCUT2D eigenvalue weighted by atomic mass is 19.1. The summed E-state index contributed by atoms with van der Waals surface area (Å²) in [5.41, 5.74) is 5.38. The van der Waals surface area contributed by atoms with E-state index in [0.29, 0.717) is 37.7 Å². The second kappa shape index (κ2) is 9.82. The summed E-state index contributed by atoms with van der Waals surface area (Å²) in [7, 11) is 0. The van der Waals surface area contributed by atoms with Gasteiger partial charge in [0.15, 0.2) is 0 Å². The number of anilines is 2. The molecule has 2 N–H and O–H groups in total. The van der Waals surface area contributed by atoms with Crippen molar-refractivity contribution in [3.05, 3.63) is 24.0 Å². The monoisotopic (exact) mass is 466 g/mol. The first-order valence-corrected chi connectivity index (χ1v) is 10.9. The predicted molar refractivity (Wildman–Crippen MR) is 119 cm³/mol. The van der Waals surface area contributed by atoms with Crippen molar-refractivity contribution in [2.75, 3.05) is 49.2 Å². The zero-order valence-electron chi connectivity index (χ0n) is 19.4. The summed E-state index contributed by atoms with van der Waals surface area (Å²) in [5, 5.41) is 0. The molecule has 10 nitrogen and oxygen atoms in total. The minimum Gasteiger partial charge on any atom is -0.444 e. The van der Waals surface area contributed by atoms with Gasteiger partial charge in [-0.15, -0.1) is 0 Å². The SMILES string of the molecule is CC(C(N)=O)N(C[C@H]1CN(c2ccc(N3CCOCC3)c(F)c2)C(=O)O1)C(=O)OC(C)(C)C. The van der Waals surface area contributed by atoms with Crippen LogP contribution in [0.5, 0.6) is 0 Å². The van der Waals surface area contributed by atoms with E-state index in [-0.39, 0.29) is 13.1 Å². The molecule has 1 aromatic rings. The van der Waals surface area contributed by atoms with Gasteiger partial charge in [-0.1, -0.05) is 0 Å². The average molecular weight is 467 g/mol. The number of cyclic esters (lactones) is 1. The fourth-order valence-electron chi connectivity index (χ4n) is 3.64. The Morgan fingerprint density at radius 2 is 1.97 bits per heavy atom. The van der Waals surface area contributed by atoms with Gasteiger partial charge in [-0.3, -0.25) is 14.6 Å². The normalized spacial score (nSPS) is 19.8. The third kappa shape index (κ3) is 6.04. The molecule has 0 radical (unpaired) electrons. The van der Waals surface area contributed by atoms with Crippen molar-refractivity contribution in [2.45, 2.75) is 45.4 Å². The van der Waals surface area contributed by atoms with Crippen LogP contribution in [0, 0.1) is 5.82 Å². The molecular weight excluding hydrogens is 435 g/mol. The zero-order valence-corrected chi connectivity index (χ0v) is 19.4. The molecule has 1 aromatic carbocycles. The lowest BCUT2D eigenvalue weighted by Gasteiger charge is -2.31. The van der Waals surface area contributed by atoms with Crippen LogP contribution in [0.4, 0.5) is 25.4 Å². The van der Waals surface area contributed by atoms with Crippen LogP contribution in [0.15, 0.2) is 18.2 Å². The van der Waals surface area contributed by atoms with E-state index in [4.69, 9.17) is 19.9 Å². The van der Waals surface area contributed by atoms with E-state index in [2.05, 4.69) is 0 Å². The second-order valence-electron chi connectivity index (χ2n) is 9.06. The van der Waals surface area contributed by atoms with Crippen molar-refractivity contribution in [2.24, 2.45) is 5.73 Å². The van der Waals surface area contributed by atoms with Crippen molar-refractivity contribution in [3.63, 3.8) is 0 Å². The molecular formula is C22H31FN4O6. The van der Waals surface area contributed by atoms with Crippen LogP contribution in [0.3, 0.4) is 0 Å². The average Bonchev–Trinajstić information content (AvgIpc) is 3.11. The number of benzene rings is 1. The lowest BCUT2D eigenvalue weighted by atomic mass is 10.2. The number of nitrogens with zero attached hydrogens (tertiary/aromatic N) is 3. The molecule has 0 spiro atoms. The molecule has 0 aromatic heterocycles. The van der Waals surface area contributed by atoms with E-state index < -0.39 is 41.7 Å². The van der Waals surface area contributed by atoms with Crippen molar-refractivity contribution in [1.82, 2.24) is 4.90 Å². The minimum absolute atomic E-state index is 0.0694. The lowest BCUT2D eigenvalue weighted by molar-refractivity contribution is -0.123. The molecule has 3 rings (SSSR count). The topological polar surface area (TPSA) is 115 Å². The largest absolute Gasteiger partial charge is 0.444 e. The molecule has 2 saturated heterocycles. The molecule has 0 saturated carbocycles. The Morgan fingerprint density at radius 1 is 1.30 bits per heavy atom. The first-order valence-electron chi connectivity index (χ1n) is 10.9. The third-order valence-electron chi connectivity index (χ3n) is 5.38. The minimum atomic E-state index is -0.974. The first-order chi connectivity index (χ1) is 15.5. The van der Waals surface area contributed by atoms with E-state index in [1.54, 1.807) is 32.9 Å². The van der Waals surface area contributed by atoms with Gasteiger partial charge in [0.2, 0.25) is 5.91 Å². The number of ether oxygens (including phenoxy) is 3. The molecule has 11 heteroatoms. The molecule has 2 aliphatic rings. The highest BCUT2D eigenvalue weighted by Crippen LogP contribution is 2.29. The number of hydrogen-bond acceptors (Lipinski definition) is 7. The summed E-state index contributed by atoms with van der Waals surface area (Å²) in [6.45, 7) is 8.76. The maximum atomic E-state index is 14.8. The molecule has 2 heterocycles. The number of carbonyl (C=O) groups excluding carboxylic acids is 3. The molecule has 3 amide bonds. The fourth-order valence-corrected chi connectivity index (χ4v) is 3.64. The van der Waals surface area contributed by atoms with E-state index in [1.807, 2.05) is 4.90 Å². The zero-order chi connectivity index (χ0) is 24.3. The highest BCUT2D eigenvalue weighted by molar-refractivity contribution is 5.90. The summed E-state index contributed by atoms with van der Waals surface area (Å²) in [4.78, 5) is 41.2. The number of amides is 3. The van der Waals surface area contributed by atoms with Crippen LogP contribution < -0.4 is 15.5 Å². The maximum absolute atomic E-state index is 14.8. The van der Waals surface area contributed by atoms with Crippen LogP contribution in [0.25, 0.3) is 0 Å². The van der Waals surface area contributed by atoms with E-state index in [0.717, 1.165) is 4.90 Å². The quantitative estimate of drug-likeness (QED) is 0.683. The molecule has 0 aliphatic carbocycles. The van der Waals surface area contributed by atoms with Crippen LogP contribution >= 0.6 is 0 Å². The molecule has 2 atom stereocenters. The Kier molecular flexibility index (Phi) is 7.31. The van der Waals surface area contributed by atoms with Gasteiger partial charge >= 0.3 is 12.2 Å². The van der Waals surface area contributed by atoms with Crippen molar-refractivity contribution >= 4 is 29.5 Å². The number of morpholine rings is 1. The van der Waals surface area contributed by atoms with Gasteiger partial charge in [0.25, 0.3) is 0 Å². The molecule has 33 heavy (non-hydrogen) atoms. The number of carbonyl (C=O) groups is 3. The van der Waals surface area contributed by atoms with E-state index >= 15 is 0 Å². The summed E-state index contributed by atoms with van der Waals surface area (Å²) < 4.78 is 30.9. The third-order valence-corrected chi connectivity index (χ3v) is 5.38. The fraction of sp³-hybridized carbons (Fsp3) is 0.591. The summed E-state index contributed by atoms with van der Waals surface area (Å²) in [6.07, 6.45) is -2.17. The molecule has 1 unspecified atom stereocenters. The first kappa shape index (κ1) is 24.6. The molecule has 2 fully saturated rings. The van der Waals surface area contributed by atoms with Crippen molar-refractivity contribution < 1.29 is 33.0 Å². The lowest BCUT2D eigenvalue weighted by Crippen LogP contribution is -2.51. The van der Waals surface area contributed by atoms with Gasteiger partial charge in [0.1, 0.15) is 23.6 Å². The number of hydrogen-bond donors (Lipinski definition) is 1. The number of rotatable bonds is 6. The Labute approximate surface area is 192 Å². The summed E-state index contributed by atoms with van der Waals surface area (Å²) >= 11 is 0. The number of primary amides is 1. The van der Waals surface area contributed by atoms with Crippen LogP contribution in [0.2, 0.25) is 0 Å². The Hall–Kier alpha value is -3.08. The van der Waals surface area contributed by atoms with Gasteiger partial charge < -0.3 is 24.8 Å².